The second-order valence-electron chi connectivity index (χ2n) is 7.52. The van der Waals surface area contributed by atoms with Crippen LogP contribution in [0.25, 0.3) is 17.1 Å². The molecule has 2 aromatic heterocycles. The van der Waals surface area contributed by atoms with Crippen LogP contribution in [-0.4, -0.2) is 49.2 Å². The molecule has 0 radical (unpaired) electrons. The predicted octanol–water partition coefficient (Wildman–Crippen LogP) is 5.68. The highest BCUT2D eigenvalue weighted by atomic mass is 35.5. The van der Waals surface area contributed by atoms with Gasteiger partial charge in [0.2, 0.25) is 5.95 Å². The van der Waals surface area contributed by atoms with E-state index in [1.165, 1.54) is 29.1 Å². The van der Waals surface area contributed by atoms with Crippen LogP contribution in [0.4, 0.5) is 19.1 Å². The van der Waals surface area contributed by atoms with E-state index in [-0.39, 0.29) is 27.9 Å². The highest BCUT2D eigenvalue weighted by Crippen LogP contribution is 2.39. The van der Waals surface area contributed by atoms with E-state index < -0.39 is 17.4 Å². The van der Waals surface area contributed by atoms with Gasteiger partial charge < -0.3 is 5.32 Å². The van der Waals surface area contributed by atoms with Gasteiger partial charge in [0, 0.05) is 25.3 Å². The Kier molecular flexibility index (Phi) is 7.23. The molecular formula is C21H18Cl2F3N7S. The first kappa shape index (κ1) is 24.6. The molecule has 0 spiro atoms. The monoisotopic (exact) mass is 527 g/mol. The van der Waals surface area contributed by atoms with Crippen molar-refractivity contribution in [2.45, 2.75) is 25.1 Å². The summed E-state index contributed by atoms with van der Waals surface area (Å²) in [6, 6.07) is 6.50. The second-order valence-corrected chi connectivity index (χ2v) is 9.16. The number of halogens is 5. The third-order valence-corrected chi connectivity index (χ3v) is 6.95. The Hall–Kier alpha value is -2.52. The summed E-state index contributed by atoms with van der Waals surface area (Å²) in [5, 5.41) is 12.3. The van der Waals surface area contributed by atoms with Crippen molar-refractivity contribution in [3.63, 3.8) is 0 Å². The lowest BCUT2D eigenvalue weighted by Crippen LogP contribution is -2.35. The Morgan fingerprint density at radius 3 is 2.53 bits per heavy atom. The van der Waals surface area contributed by atoms with Crippen LogP contribution in [0.3, 0.4) is 0 Å². The average Bonchev–Trinajstić information content (AvgIpc) is 3.19. The van der Waals surface area contributed by atoms with Gasteiger partial charge in [-0.05, 0) is 37.3 Å². The smallest absolute Gasteiger partial charge is 0.351 e. The number of hydrogen-bond donors (Lipinski definition) is 1. The summed E-state index contributed by atoms with van der Waals surface area (Å²) in [5.41, 5.74) is -0.934. The molecule has 3 heterocycles. The van der Waals surface area contributed by atoms with Gasteiger partial charge in [-0.15, -0.1) is 0 Å². The second kappa shape index (κ2) is 10.00. The Morgan fingerprint density at radius 1 is 1.18 bits per heavy atom. The van der Waals surface area contributed by atoms with Crippen molar-refractivity contribution >= 4 is 41.1 Å². The third-order valence-electron chi connectivity index (χ3n) is 5.41. The molecule has 178 valence electrons. The zero-order valence-electron chi connectivity index (χ0n) is 17.8. The first-order chi connectivity index (χ1) is 16.2. The lowest BCUT2D eigenvalue weighted by atomic mass is 10.1. The minimum absolute atomic E-state index is 0.0403. The number of hydrogen-bond acceptors (Lipinski definition) is 7. The Labute approximate surface area is 208 Å². The largest absolute Gasteiger partial charge is 0.420 e. The number of alkyl halides is 3. The van der Waals surface area contributed by atoms with Crippen LogP contribution >= 0.6 is 35.1 Å². The normalized spacial score (nSPS) is 15.3. The van der Waals surface area contributed by atoms with E-state index in [4.69, 9.17) is 28.5 Å². The van der Waals surface area contributed by atoms with Crippen molar-refractivity contribution in [2.75, 3.05) is 24.7 Å². The van der Waals surface area contributed by atoms with E-state index in [0.717, 1.165) is 32.1 Å². The number of rotatable bonds is 5. The molecule has 1 aliphatic rings. The zero-order chi connectivity index (χ0) is 24.5. The minimum Gasteiger partial charge on any atom is -0.351 e. The summed E-state index contributed by atoms with van der Waals surface area (Å²) >= 11 is 14.4. The van der Waals surface area contributed by atoms with Crippen LogP contribution in [-0.2, 0) is 6.18 Å². The van der Waals surface area contributed by atoms with Crippen molar-refractivity contribution in [1.82, 2.24) is 23.8 Å². The van der Waals surface area contributed by atoms with Gasteiger partial charge in [0.05, 0.1) is 22.3 Å². The van der Waals surface area contributed by atoms with E-state index in [0.29, 0.717) is 11.3 Å². The van der Waals surface area contributed by atoms with Crippen molar-refractivity contribution in [1.29, 1.82) is 5.26 Å². The van der Waals surface area contributed by atoms with Gasteiger partial charge in [0.1, 0.15) is 28.4 Å². The van der Waals surface area contributed by atoms with E-state index >= 15 is 0 Å². The molecular weight excluding hydrogens is 510 g/mol. The number of piperidine rings is 1. The number of benzene rings is 1. The standard InChI is InChI=1S/C21H18Cl2F3N7S/c1-34-32-6-4-13(5-7-32)30-20-28-10-14(21(24,25)26)17(31-20)18-19(23)33(11-29-18)16-3-2-12(9-27)8-15(16)22/h2-3,8,10-11,13H,4-7H2,1H3,(H,28,30,31). The van der Waals surface area contributed by atoms with Gasteiger partial charge in [-0.1, -0.05) is 35.1 Å². The molecule has 13 heteroatoms. The molecule has 1 aromatic carbocycles. The molecule has 0 amide bonds. The summed E-state index contributed by atoms with van der Waals surface area (Å²) in [4.78, 5) is 12.2. The van der Waals surface area contributed by atoms with E-state index in [1.54, 1.807) is 11.9 Å². The fourth-order valence-electron chi connectivity index (χ4n) is 3.64. The van der Waals surface area contributed by atoms with Gasteiger partial charge in [0.25, 0.3) is 0 Å². The van der Waals surface area contributed by atoms with Crippen LogP contribution in [0.1, 0.15) is 24.0 Å². The molecule has 4 rings (SSSR count). The van der Waals surface area contributed by atoms with Crippen LogP contribution in [0.15, 0.2) is 30.7 Å². The fraction of sp³-hybridized carbons (Fsp3) is 0.333. The summed E-state index contributed by atoms with van der Waals surface area (Å²) in [6.45, 7) is 1.71. The van der Waals surface area contributed by atoms with Gasteiger partial charge in [-0.3, -0.25) is 8.87 Å². The van der Waals surface area contributed by atoms with Crippen LogP contribution in [0, 0.1) is 11.3 Å². The molecule has 1 N–H and O–H groups in total. The SMILES string of the molecule is CSN1CCC(Nc2ncc(C(F)(F)F)c(-c3ncn(-c4ccc(C#N)cc4Cl)c3Cl)n2)CC1. The number of anilines is 1. The first-order valence-electron chi connectivity index (χ1n) is 10.1. The Bertz CT molecular complexity index is 1230. The molecule has 0 bridgehead atoms. The number of nitriles is 1. The number of aromatic nitrogens is 4. The summed E-state index contributed by atoms with van der Waals surface area (Å²) in [6.07, 6.45) is 0.925. The molecule has 34 heavy (non-hydrogen) atoms. The van der Waals surface area contributed by atoms with Gasteiger partial charge in [-0.25, -0.2) is 15.0 Å². The lowest BCUT2D eigenvalue weighted by molar-refractivity contribution is -0.137. The topological polar surface area (TPSA) is 82.7 Å². The minimum atomic E-state index is -4.71. The summed E-state index contributed by atoms with van der Waals surface area (Å²) < 4.78 is 44.9. The molecule has 0 saturated carbocycles. The summed E-state index contributed by atoms with van der Waals surface area (Å²) in [7, 11) is 0. The number of imidazole rings is 1. The molecule has 1 fully saturated rings. The highest BCUT2D eigenvalue weighted by Gasteiger charge is 2.37. The molecule has 1 saturated heterocycles. The van der Waals surface area contributed by atoms with Gasteiger partial charge >= 0.3 is 6.18 Å². The predicted molar refractivity (Wildman–Crippen MR) is 126 cm³/mol. The average molecular weight is 528 g/mol. The van der Waals surface area contributed by atoms with Crippen molar-refractivity contribution in [3.8, 4) is 23.1 Å². The molecule has 7 nitrogen and oxygen atoms in total. The number of nitrogens with one attached hydrogen (secondary N) is 1. The van der Waals surface area contributed by atoms with Crippen LogP contribution < -0.4 is 5.32 Å². The third kappa shape index (κ3) is 5.10. The van der Waals surface area contributed by atoms with Gasteiger partial charge in [-0.2, -0.15) is 18.4 Å². The van der Waals surface area contributed by atoms with Crippen LogP contribution in [0.2, 0.25) is 10.2 Å². The highest BCUT2D eigenvalue weighted by molar-refractivity contribution is 7.96. The maximum Gasteiger partial charge on any atom is 0.420 e. The van der Waals surface area contributed by atoms with E-state index in [1.807, 2.05) is 12.3 Å². The van der Waals surface area contributed by atoms with Gasteiger partial charge in [0.15, 0.2) is 0 Å². The van der Waals surface area contributed by atoms with Crippen LogP contribution in [0.5, 0.6) is 0 Å². The van der Waals surface area contributed by atoms with Crippen molar-refractivity contribution in [2.24, 2.45) is 0 Å². The summed E-state index contributed by atoms with van der Waals surface area (Å²) in [5.74, 6) is 0.0765. The molecule has 1 aliphatic heterocycles. The lowest BCUT2D eigenvalue weighted by Gasteiger charge is -2.30. The maximum absolute atomic E-state index is 13.8. The van der Waals surface area contributed by atoms with E-state index in [2.05, 4.69) is 24.6 Å². The maximum atomic E-state index is 13.8. The van der Waals surface area contributed by atoms with Crippen molar-refractivity contribution in [3.05, 3.63) is 52.0 Å². The van der Waals surface area contributed by atoms with E-state index in [9.17, 15) is 13.2 Å². The first-order valence-corrected chi connectivity index (χ1v) is 12.1. The Morgan fingerprint density at radius 2 is 1.91 bits per heavy atom. The quantitative estimate of drug-likeness (QED) is 0.427. The molecule has 0 aliphatic carbocycles. The zero-order valence-corrected chi connectivity index (χ0v) is 20.1. The molecule has 0 atom stereocenters. The number of nitrogens with zero attached hydrogens (tertiary/aromatic N) is 6. The molecule has 3 aromatic rings. The van der Waals surface area contributed by atoms with Crippen molar-refractivity contribution < 1.29 is 13.2 Å². The fourth-order valence-corrected chi connectivity index (χ4v) is 4.76. The molecule has 0 unspecified atom stereocenters. The Balaban J connectivity index is 1.70.